The first kappa shape index (κ1) is 17.9. The maximum atomic E-state index is 13.5. The highest BCUT2D eigenvalue weighted by molar-refractivity contribution is 5.95. The number of hydrazone groups is 1. The van der Waals surface area contributed by atoms with E-state index in [-0.39, 0.29) is 18.3 Å². The number of tetrazole rings is 1. The van der Waals surface area contributed by atoms with Crippen LogP contribution in [0.5, 0.6) is 0 Å². The van der Waals surface area contributed by atoms with Gasteiger partial charge < -0.3 is 10.1 Å². The van der Waals surface area contributed by atoms with Crippen molar-refractivity contribution in [2.24, 2.45) is 5.10 Å². The Morgan fingerprint density at radius 2 is 1.92 bits per heavy atom. The number of nitro groups is 1. The smallest absolute Gasteiger partial charge is 0.390 e. The van der Waals surface area contributed by atoms with E-state index >= 15 is 0 Å². The molecule has 1 amide bonds. The highest BCUT2D eigenvalue weighted by Crippen LogP contribution is 2.19. The van der Waals surface area contributed by atoms with Crippen LogP contribution in [0.25, 0.3) is 0 Å². The molecule has 0 saturated heterocycles. The molecule has 1 aromatic carbocycles. The van der Waals surface area contributed by atoms with Gasteiger partial charge in [0.1, 0.15) is 12.1 Å². The zero-order valence-electron chi connectivity index (χ0n) is 12.2. The Bertz CT molecular complexity index is 857. The summed E-state index contributed by atoms with van der Waals surface area (Å²) in [6, 6.07) is -0.0424. The highest BCUT2D eigenvalue weighted by atomic mass is 19.2. The number of carbonyl (C=O) groups excluding carboxylic acids is 1. The van der Waals surface area contributed by atoms with Gasteiger partial charge in [0.15, 0.2) is 23.3 Å². The summed E-state index contributed by atoms with van der Waals surface area (Å²) in [5.41, 5.74) is 0.254. The summed E-state index contributed by atoms with van der Waals surface area (Å²) in [6.45, 7) is 1.05. The molecule has 14 heteroatoms. The zero-order valence-corrected chi connectivity index (χ0v) is 12.2. The van der Waals surface area contributed by atoms with E-state index in [0.717, 1.165) is 4.80 Å². The highest BCUT2D eigenvalue weighted by Gasteiger charge is 2.24. The van der Waals surface area contributed by atoms with E-state index in [1.165, 1.54) is 6.92 Å². The fourth-order valence-electron chi connectivity index (χ4n) is 1.59. The minimum absolute atomic E-state index is 0.0401. The van der Waals surface area contributed by atoms with E-state index in [1.807, 2.05) is 0 Å². The standard InChI is InChI=1S/C11H7F4N7O3/c1-4(3-21-19-11(18-20-21)22(24)25)16-17-10(23)7-8(14)5(12)2-6(13)9(7)15/h2H,3H2,1H3,(H,17,23)/b16-4-. The summed E-state index contributed by atoms with van der Waals surface area (Å²) >= 11 is 0. The zero-order chi connectivity index (χ0) is 18.7. The van der Waals surface area contributed by atoms with E-state index < -0.39 is 45.6 Å². The average molecular weight is 361 g/mol. The number of carbonyl (C=O) groups is 1. The SMILES string of the molecule is C/C(Cn1nnc([N+](=O)[O-])n1)=N/NC(=O)c1c(F)c(F)cc(F)c1F. The van der Waals surface area contributed by atoms with Gasteiger partial charge in [-0.15, -0.1) is 0 Å². The average Bonchev–Trinajstić information content (AvgIpc) is 3.00. The summed E-state index contributed by atoms with van der Waals surface area (Å²) < 4.78 is 53.0. The second-order valence-corrected chi connectivity index (χ2v) is 4.51. The Balaban J connectivity index is 2.13. The minimum atomic E-state index is -1.88. The number of rotatable bonds is 5. The fraction of sp³-hybridized carbons (Fsp3) is 0.182. The number of amides is 1. The monoisotopic (exact) mass is 361 g/mol. The van der Waals surface area contributed by atoms with Crippen LogP contribution in [0.4, 0.5) is 23.5 Å². The van der Waals surface area contributed by atoms with Crippen molar-refractivity contribution < 1.29 is 27.3 Å². The number of halogens is 4. The van der Waals surface area contributed by atoms with Crippen LogP contribution in [0.3, 0.4) is 0 Å². The molecule has 1 heterocycles. The van der Waals surface area contributed by atoms with Gasteiger partial charge in [-0.3, -0.25) is 4.79 Å². The van der Waals surface area contributed by atoms with Gasteiger partial charge in [-0.25, -0.2) is 23.0 Å². The summed E-state index contributed by atoms with van der Waals surface area (Å²) in [6.07, 6.45) is 0. The molecule has 0 radical (unpaired) electrons. The van der Waals surface area contributed by atoms with Crippen LogP contribution in [0, 0.1) is 33.4 Å². The number of benzene rings is 1. The van der Waals surface area contributed by atoms with Gasteiger partial charge in [0.25, 0.3) is 5.91 Å². The summed E-state index contributed by atoms with van der Waals surface area (Å²) in [7, 11) is 0. The molecule has 2 aromatic rings. The molecule has 0 fully saturated rings. The first-order chi connectivity index (χ1) is 11.7. The molecule has 0 spiro atoms. The third-order valence-electron chi connectivity index (χ3n) is 2.66. The van der Waals surface area contributed by atoms with Crippen LogP contribution < -0.4 is 5.43 Å². The van der Waals surface area contributed by atoms with E-state index in [0.29, 0.717) is 0 Å². The van der Waals surface area contributed by atoms with Crippen LogP contribution in [0.2, 0.25) is 0 Å². The molecular formula is C11H7F4N7O3. The molecule has 25 heavy (non-hydrogen) atoms. The number of nitrogens with zero attached hydrogens (tertiary/aromatic N) is 6. The second-order valence-electron chi connectivity index (χ2n) is 4.51. The van der Waals surface area contributed by atoms with E-state index in [4.69, 9.17) is 0 Å². The lowest BCUT2D eigenvalue weighted by molar-refractivity contribution is -0.394. The lowest BCUT2D eigenvalue weighted by Crippen LogP contribution is -2.24. The Morgan fingerprint density at radius 3 is 2.44 bits per heavy atom. The molecule has 0 aliphatic carbocycles. The summed E-state index contributed by atoms with van der Waals surface area (Å²) in [5, 5.41) is 23.6. The molecule has 1 N–H and O–H groups in total. The van der Waals surface area contributed by atoms with Crippen LogP contribution in [-0.2, 0) is 6.54 Å². The molecule has 132 valence electrons. The third kappa shape index (κ3) is 3.91. The quantitative estimate of drug-likeness (QED) is 0.278. The third-order valence-corrected chi connectivity index (χ3v) is 2.66. The first-order valence-corrected chi connectivity index (χ1v) is 6.29. The molecule has 0 unspecified atom stereocenters. The molecule has 0 aliphatic rings. The Hall–Kier alpha value is -3.45. The number of nitrogens with one attached hydrogen (secondary N) is 1. The van der Waals surface area contributed by atoms with Crippen molar-refractivity contribution in [3.63, 3.8) is 0 Å². The van der Waals surface area contributed by atoms with Gasteiger partial charge >= 0.3 is 5.95 Å². The predicted octanol–water partition coefficient (Wildman–Crippen LogP) is 0.944. The molecular weight excluding hydrogens is 354 g/mol. The Kier molecular flexibility index (Phi) is 5.00. The van der Waals surface area contributed by atoms with E-state index in [1.54, 1.807) is 5.43 Å². The van der Waals surface area contributed by atoms with E-state index in [2.05, 4.69) is 20.5 Å². The van der Waals surface area contributed by atoms with E-state index in [9.17, 15) is 32.5 Å². The van der Waals surface area contributed by atoms with Crippen LogP contribution in [-0.4, -0.2) is 36.7 Å². The number of aromatic nitrogens is 4. The molecule has 0 saturated carbocycles. The van der Waals surface area contributed by atoms with Crippen molar-refractivity contribution in [1.82, 2.24) is 25.6 Å². The van der Waals surface area contributed by atoms with Crippen LogP contribution in [0.1, 0.15) is 17.3 Å². The molecule has 0 atom stereocenters. The van der Waals surface area contributed by atoms with Crippen LogP contribution >= 0.6 is 0 Å². The van der Waals surface area contributed by atoms with Crippen molar-refractivity contribution in [2.75, 3.05) is 0 Å². The number of hydrogen-bond donors (Lipinski definition) is 1. The van der Waals surface area contributed by atoms with Crippen molar-refractivity contribution in [2.45, 2.75) is 13.5 Å². The largest absolute Gasteiger partial charge is 0.514 e. The van der Waals surface area contributed by atoms with Gasteiger partial charge in [0.05, 0.1) is 15.9 Å². The fourth-order valence-corrected chi connectivity index (χ4v) is 1.59. The van der Waals surface area contributed by atoms with Crippen molar-refractivity contribution in [3.05, 3.63) is 45.0 Å². The second kappa shape index (κ2) is 6.98. The molecule has 0 bridgehead atoms. The van der Waals surface area contributed by atoms with Crippen molar-refractivity contribution >= 4 is 17.6 Å². The van der Waals surface area contributed by atoms with Crippen molar-refractivity contribution in [1.29, 1.82) is 0 Å². The summed E-state index contributed by atoms with van der Waals surface area (Å²) in [5.74, 6) is -9.55. The summed E-state index contributed by atoms with van der Waals surface area (Å²) in [4.78, 5) is 22.0. The maximum Gasteiger partial charge on any atom is 0.514 e. The van der Waals surface area contributed by atoms with Gasteiger partial charge in [0.2, 0.25) is 0 Å². The van der Waals surface area contributed by atoms with Crippen molar-refractivity contribution in [3.8, 4) is 0 Å². The Labute approximate surface area is 135 Å². The first-order valence-electron chi connectivity index (χ1n) is 6.29. The predicted molar refractivity (Wildman–Crippen MR) is 71.3 cm³/mol. The topological polar surface area (TPSA) is 128 Å². The normalized spacial score (nSPS) is 11.5. The lowest BCUT2D eigenvalue weighted by Gasteiger charge is -2.06. The lowest BCUT2D eigenvalue weighted by atomic mass is 10.1. The molecule has 10 nitrogen and oxygen atoms in total. The van der Waals surface area contributed by atoms with Gasteiger partial charge in [-0.1, -0.05) is 4.80 Å². The van der Waals surface area contributed by atoms with Gasteiger partial charge in [-0.2, -0.15) is 5.10 Å². The van der Waals surface area contributed by atoms with Gasteiger partial charge in [0, 0.05) is 11.3 Å². The minimum Gasteiger partial charge on any atom is -0.390 e. The molecule has 0 aliphatic heterocycles. The molecule has 1 aromatic heterocycles. The molecule has 2 rings (SSSR count). The number of hydrogen-bond acceptors (Lipinski definition) is 7. The van der Waals surface area contributed by atoms with Crippen LogP contribution in [0.15, 0.2) is 11.2 Å². The maximum absolute atomic E-state index is 13.5. The van der Waals surface area contributed by atoms with Gasteiger partial charge in [-0.05, 0) is 11.8 Å². The Morgan fingerprint density at radius 1 is 1.32 bits per heavy atom.